The summed E-state index contributed by atoms with van der Waals surface area (Å²) in [5.41, 5.74) is 0.155. The minimum absolute atomic E-state index is 0.00671. The highest BCUT2D eigenvalue weighted by atomic mass is 35.5. The topological polar surface area (TPSA) is 74.7 Å². The average molecular weight is 332 g/mol. The van der Waals surface area contributed by atoms with Crippen LogP contribution in [0.4, 0.5) is 0 Å². The monoisotopic (exact) mass is 331 g/mol. The first-order chi connectivity index (χ1) is 9.78. The zero-order valence-corrected chi connectivity index (χ0v) is 13.5. The van der Waals surface area contributed by atoms with E-state index >= 15 is 0 Å². The van der Waals surface area contributed by atoms with Gasteiger partial charge in [-0.1, -0.05) is 18.5 Å². The van der Waals surface area contributed by atoms with Crippen molar-refractivity contribution < 1.29 is 18.3 Å². The molecule has 5 nitrogen and oxygen atoms in total. The zero-order chi connectivity index (χ0) is 15.8. The molecule has 1 fully saturated rings. The fraction of sp³-hybridized carbons (Fsp3) is 0.500. The molecule has 1 heterocycles. The summed E-state index contributed by atoms with van der Waals surface area (Å²) in [6, 6.07) is 2.59. The number of hydrogen-bond donors (Lipinski definition) is 1. The maximum Gasteiger partial charge on any atom is 0.336 e. The van der Waals surface area contributed by atoms with Gasteiger partial charge in [-0.15, -0.1) is 0 Å². The van der Waals surface area contributed by atoms with E-state index in [0.717, 1.165) is 19.3 Å². The maximum atomic E-state index is 12.8. The number of carboxylic acid groups (broad SMARTS) is 1. The van der Waals surface area contributed by atoms with Crippen LogP contribution in [-0.4, -0.2) is 36.4 Å². The number of nitrogens with zero attached hydrogens (tertiary/aromatic N) is 1. The molecule has 1 aromatic rings. The summed E-state index contributed by atoms with van der Waals surface area (Å²) >= 11 is 5.90. The average Bonchev–Trinajstić information content (AvgIpc) is 2.89. The zero-order valence-electron chi connectivity index (χ0n) is 12.0. The van der Waals surface area contributed by atoms with Gasteiger partial charge in [0.05, 0.1) is 10.5 Å². The van der Waals surface area contributed by atoms with E-state index in [4.69, 9.17) is 11.6 Å². The molecular weight excluding hydrogens is 314 g/mol. The molecule has 1 N–H and O–H groups in total. The van der Waals surface area contributed by atoms with Gasteiger partial charge in [0, 0.05) is 17.6 Å². The van der Waals surface area contributed by atoms with Crippen LogP contribution >= 0.6 is 11.6 Å². The Morgan fingerprint density at radius 2 is 2.14 bits per heavy atom. The van der Waals surface area contributed by atoms with Crippen molar-refractivity contribution in [2.45, 2.75) is 44.0 Å². The van der Waals surface area contributed by atoms with Gasteiger partial charge in [0.2, 0.25) is 10.0 Å². The molecule has 0 aliphatic carbocycles. The van der Waals surface area contributed by atoms with Crippen LogP contribution in [0.15, 0.2) is 17.0 Å². The van der Waals surface area contributed by atoms with Gasteiger partial charge in [0.15, 0.2) is 0 Å². The van der Waals surface area contributed by atoms with Crippen LogP contribution in [0.25, 0.3) is 0 Å². The first-order valence-corrected chi connectivity index (χ1v) is 8.66. The van der Waals surface area contributed by atoms with Crippen molar-refractivity contribution in [2.24, 2.45) is 0 Å². The number of aromatic carboxylic acids is 1. The molecule has 0 spiro atoms. The second-order valence-corrected chi connectivity index (χ2v) is 7.50. The van der Waals surface area contributed by atoms with Crippen LogP contribution in [0.2, 0.25) is 5.02 Å². The summed E-state index contributed by atoms with van der Waals surface area (Å²) in [5.74, 6) is -1.18. The normalized spacial score (nSPS) is 19.9. The third-order valence-corrected chi connectivity index (χ3v) is 6.23. The lowest BCUT2D eigenvalue weighted by Gasteiger charge is -2.24. The fourth-order valence-corrected chi connectivity index (χ4v) is 5.13. The second kappa shape index (κ2) is 5.94. The molecule has 0 bridgehead atoms. The Kier molecular flexibility index (Phi) is 4.60. The van der Waals surface area contributed by atoms with E-state index in [-0.39, 0.29) is 27.1 Å². The van der Waals surface area contributed by atoms with E-state index in [0.29, 0.717) is 6.54 Å². The Morgan fingerprint density at radius 3 is 2.71 bits per heavy atom. The van der Waals surface area contributed by atoms with Crippen molar-refractivity contribution in [3.05, 3.63) is 28.3 Å². The quantitative estimate of drug-likeness (QED) is 0.920. The molecule has 0 amide bonds. The highest BCUT2D eigenvalue weighted by Crippen LogP contribution is 2.32. The lowest BCUT2D eigenvalue weighted by atomic mass is 10.1. The number of benzene rings is 1. The molecule has 1 aromatic carbocycles. The molecular formula is C14H18ClNO4S. The highest BCUT2D eigenvalue weighted by molar-refractivity contribution is 7.89. The third kappa shape index (κ3) is 2.93. The summed E-state index contributed by atoms with van der Waals surface area (Å²) in [5, 5.41) is 9.29. The predicted molar refractivity (Wildman–Crippen MR) is 80.4 cm³/mol. The molecule has 21 heavy (non-hydrogen) atoms. The van der Waals surface area contributed by atoms with E-state index in [1.54, 1.807) is 0 Å². The van der Waals surface area contributed by atoms with Crippen LogP contribution in [0.3, 0.4) is 0 Å². The van der Waals surface area contributed by atoms with Crippen LogP contribution in [0.1, 0.15) is 42.1 Å². The molecule has 116 valence electrons. The Hall–Kier alpha value is -1.11. The highest BCUT2D eigenvalue weighted by Gasteiger charge is 2.35. The van der Waals surface area contributed by atoms with E-state index < -0.39 is 16.0 Å². The molecule has 7 heteroatoms. The minimum Gasteiger partial charge on any atom is -0.478 e. The Labute approximate surface area is 129 Å². The number of halogens is 1. The number of carboxylic acids is 1. The number of hydrogen-bond acceptors (Lipinski definition) is 3. The van der Waals surface area contributed by atoms with Crippen molar-refractivity contribution in [2.75, 3.05) is 6.54 Å². The summed E-state index contributed by atoms with van der Waals surface area (Å²) in [6.45, 7) is 3.92. The van der Waals surface area contributed by atoms with Crippen molar-refractivity contribution in [1.82, 2.24) is 4.31 Å². The fourth-order valence-electron chi connectivity index (χ4n) is 2.80. The van der Waals surface area contributed by atoms with Gasteiger partial charge in [-0.05, 0) is 43.9 Å². The van der Waals surface area contributed by atoms with Gasteiger partial charge >= 0.3 is 5.97 Å². The Morgan fingerprint density at radius 1 is 1.48 bits per heavy atom. The number of carbonyl (C=O) groups is 1. The van der Waals surface area contributed by atoms with Gasteiger partial charge in [0.25, 0.3) is 0 Å². The van der Waals surface area contributed by atoms with E-state index in [2.05, 4.69) is 0 Å². The first-order valence-electron chi connectivity index (χ1n) is 6.84. The predicted octanol–water partition coefficient (Wildman–Crippen LogP) is 2.91. The van der Waals surface area contributed by atoms with Gasteiger partial charge in [-0.3, -0.25) is 0 Å². The summed E-state index contributed by atoms with van der Waals surface area (Å²) in [4.78, 5) is 11.2. The molecule has 1 aliphatic heterocycles. The van der Waals surface area contributed by atoms with Crippen molar-refractivity contribution in [1.29, 1.82) is 0 Å². The van der Waals surface area contributed by atoms with Crippen LogP contribution in [0, 0.1) is 6.92 Å². The molecule has 0 aromatic heterocycles. The summed E-state index contributed by atoms with van der Waals surface area (Å²) in [7, 11) is -3.72. The number of sulfonamides is 1. The van der Waals surface area contributed by atoms with Crippen molar-refractivity contribution in [3.63, 3.8) is 0 Å². The molecule has 1 unspecified atom stereocenters. The molecule has 0 radical (unpaired) electrons. The third-order valence-electron chi connectivity index (χ3n) is 3.94. The molecule has 2 rings (SSSR count). The minimum atomic E-state index is -3.72. The SMILES string of the molecule is CCC1CCCN1S(=O)(=O)c1cc(Cl)cc(C(=O)O)c1C. The van der Waals surface area contributed by atoms with Gasteiger partial charge < -0.3 is 5.11 Å². The Balaban J connectivity index is 2.57. The largest absolute Gasteiger partial charge is 0.478 e. The maximum absolute atomic E-state index is 12.8. The summed E-state index contributed by atoms with van der Waals surface area (Å²) < 4.78 is 27.1. The second-order valence-electron chi connectivity index (χ2n) is 5.20. The molecule has 1 aliphatic rings. The van der Waals surface area contributed by atoms with E-state index in [1.807, 2.05) is 6.92 Å². The molecule has 1 atom stereocenters. The van der Waals surface area contributed by atoms with Crippen molar-refractivity contribution >= 4 is 27.6 Å². The molecule has 1 saturated heterocycles. The van der Waals surface area contributed by atoms with Crippen LogP contribution in [0.5, 0.6) is 0 Å². The first kappa shape index (κ1) is 16.3. The van der Waals surface area contributed by atoms with Gasteiger partial charge in [-0.2, -0.15) is 4.31 Å². The Bertz CT molecular complexity index is 672. The standard InChI is InChI=1S/C14H18ClNO4S/c1-3-11-5-4-6-16(11)21(19,20)13-8-10(15)7-12(9(13)2)14(17)18/h7-8,11H,3-6H2,1-2H3,(H,17,18). The van der Waals surface area contributed by atoms with Crippen molar-refractivity contribution in [3.8, 4) is 0 Å². The van der Waals surface area contributed by atoms with Gasteiger partial charge in [0.1, 0.15) is 0 Å². The van der Waals surface area contributed by atoms with E-state index in [1.165, 1.54) is 23.4 Å². The van der Waals surface area contributed by atoms with Crippen LogP contribution in [-0.2, 0) is 10.0 Å². The van der Waals surface area contributed by atoms with Gasteiger partial charge in [-0.25, -0.2) is 13.2 Å². The lowest BCUT2D eigenvalue weighted by Crippen LogP contribution is -2.35. The smallest absolute Gasteiger partial charge is 0.336 e. The summed E-state index contributed by atoms with van der Waals surface area (Å²) in [6.07, 6.45) is 2.40. The van der Waals surface area contributed by atoms with Crippen LogP contribution < -0.4 is 0 Å². The molecule has 0 saturated carbocycles. The van der Waals surface area contributed by atoms with E-state index in [9.17, 15) is 18.3 Å². The lowest BCUT2D eigenvalue weighted by molar-refractivity contribution is 0.0696. The number of rotatable bonds is 4.